The number of unbranched alkanes of at least 4 members (excludes halogenated alkanes) is 14. The summed E-state index contributed by atoms with van der Waals surface area (Å²) in [5, 5.41) is 0. The summed E-state index contributed by atoms with van der Waals surface area (Å²) in [5.74, 6) is -1.00. The maximum Gasteiger partial charge on any atom is 0.306 e. The highest BCUT2D eigenvalue weighted by atomic mass is 16.6. The van der Waals surface area contributed by atoms with Gasteiger partial charge in [0.15, 0.2) is 6.10 Å². The first-order valence-corrected chi connectivity index (χ1v) is 24.3. The molecule has 1 atom stereocenters. The Bertz CT molecular complexity index is 1400. The molecule has 0 N–H and O–H groups in total. The number of allylic oxidation sites excluding steroid dienone is 22. The third-order valence-corrected chi connectivity index (χ3v) is 9.57. The standard InChI is InChI=1S/C56H86O6/c1-4-7-10-13-16-19-22-25-27-29-31-34-37-40-43-46-49-55(58)61-52-53(51-60-54(57)48-45-42-39-36-33-30-24-21-18-15-12-9-6-3)62-56(59)50-47-44-41-38-35-32-28-26-23-20-17-14-11-8-5-2/h7-12,14-21,23-28,32,35,53H,4-6,13,22,29-31,33-34,36-52H2,1-3H3/b10-7+,11-8+,12-9+,17-14+,18-15+,19-16+,23-20+,24-21+,27-25+,28-26+,35-32+. The van der Waals surface area contributed by atoms with Crippen LogP contribution in [0.3, 0.4) is 0 Å². The molecule has 346 valence electrons. The maximum atomic E-state index is 12.8. The molecule has 0 saturated heterocycles. The van der Waals surface area contributed by atoms with Crippen LogP contribution in [0.5, 0.6) is 0 Å². The van der Waals surface area contributed by atoms with Gasteiger partial charge >= 0.3 is 17.9 Å². The molecule has 0 aliphatic heterocycles. The SMILES string of the molecule is CC/C=C/C=C/C=C/C=C/C=C/CCCCCC(=O)OC(COC(=O)CCCCCCC/C=C/C=C/C=C/CC)COC(=O)CCCCCCCC/C=C/C/C=C/C/C=C/CC. The number of hydrogen-bond donors (Lipinski definition) is 0. The van der Waals surface area contributed by atoms with Crippen LogP contribution in [0.25, 0.3) is 0 Å². The fourth-order valence-electron chi connectivity index (χ4n) is 6.00. The zero-order valence-electron chi connectivity index (χ0n) is 39.3. The van der Waals surface area contributed by atoms with E-state index in [1.165, 1.54) is 12.8 Å². The van der Waals surface area contributed by atoms with Crippen molar-refractivity contribution in [2.75, 3.05) is 13.2 Å². The van der Waals surface area contributed by atoms with Crippen molar-refractivity contribution in [3.05, 3.63) is 134 Å². The molecule has 0 amide bonds. The summed E-state index contributed by atoms with van der Waals surface area (Å²) in [6, 6.07) is 0. The van der Waals surface area contributed by atoms with E-state index in [0.717, 1.165) is 122 Å². The summed E-state index contributed by atoms with van der Waals surface area (Å²) < 4.78 is 16.7. The van der Waals surface area contributed by atoms with Gasteiger partial charge in [0.05, 0.1) is 0 Å². The molecule has 0 fully saturated rings. The molecule has 0 aromatic carbocycles. The summed E-state index contributed by atoms with van der Waals surface area (Å²) >= 11 is 0. The van der Waals surface area contributed by atoms with Crippen molar-refractivity contribution >= 4 is 17.9 Å². The molecular formula is C56H86O6. The highest BCUT2D eigenvalue weighted by Crippen LogP contribution is 2.12. The molecule has 6 nitrogen and oxygen atoms in total. The molecular weight excluding hydrogens is 769 g/mol. The Morgan fingerprint density at radius 2 is 0.661 bits per heavy atom. The molecule has 0 heterocycles. The van der Waals surface area contributed by atoms with Gasteiger partial charge in [0.25, 0.3) is 0 Å². The molecule has 0 saturated carbocycles. The van der Waals surface area contributed by atoms with E-state index in [4.69, 9.17) is 14.2 Å². The normalized spacial score (nSPS) is 13.3. The fraction of sp³-hybridized carbons (Fsp3) is 0.554. The Kier molecular flexibility index (Phi) is 45.7. The van der Waals surface area contributed by atoms with Crippen LogP contribution in [-0.2, 0) is 28.6 Å². The van der Waals surface area contributed by atoms with Gasteiger partial charge in [-0.3, -0.25) is 14.4 Å². The molecule has 0 aromatic heterocycles. The predicted molar refractivity (Wildman–Crippen MR) is 265 cm³/mol. The van der Waals surface area contributed by atoms with Crippen LogP contribution in [0.15, 0.2) is 134 Å². The Morgan fingerprint density at radius 3 is 1.11 bits per heavy atom. The van der Waals surface area contributed by atoms with E-state index in [9.17, 15) is 14.4 Å². The van der Waals surface area contributed by atoms with Gasteiger partial charge in [-0.2, -0.15) is 0 Å². The molecule has 0 spiro atoms. The zero-order chi connectivity index (χ0) is 45.1. The van der Waals surface area contributed by atoms with Gasteiger partial charge < -0.3 is 14.2 Å². The first kappa shape index (κ1) is 57.5. The summed E-state index contributed by atoms with van der Waals surface area (Å²) in [7, 11) is 0. The van der Waals surface area contributed by atoms with Crippen LogP contribution in [0.4, 0.5) is 0 Å². The summed E-state index contributed by atoms with van der Waals surface area (Å²) in [4.78, 5) is 37.9. The quantitative estimate of drug-likeness (QED) is 0.0200. The van der Waals surface area contributed by atoms with E-state index in [1.807, 2.05) is 54.7 Å². The Labute approximate surface area is 379 Å². The lowest BCUT2D eigenvalue weighted by Gasteiger charge is -2.18. The molecule has 0 bridgehead atoms. The van der Waals surface area contributed by atoms with E-state index in [0.29, 0.717) is 19.3 Å². The van der Waals surface area contributed by atoms with Gasteiger partial charge in [0.2, 0.25) is 0 Å². The number of esters is 3. The Morgan fingerprint density at radius 1 is 0.339 bits per heavy atom. The summed E-state index contributed by atoms with van der Waals surface area (Å²) in [6.45, 7) is 6.15. The molecule has 0 aromatic rings. The molecule has 1 unspecified atom stereocenters. The topological polar surface area (TPSA) is 78.9 Å². The van der Waals surface area contributed by atoms with Gasteiger partial charge in [-0.05, 0) is 89.9 Å². The minimum Gasteiger partial charge on any atom is -0.462 e. The van der Waals surface area contributed by atoms with Gasteiger partial charge in [-0.25, -0.2) is 0 Å². The smallest absolute Gasteiger partial charge is 0.306 e. The lowest BCUT2D eigenvalue weighted by molar-refractivity contribution is -0.167. The van der Waals surface area contributed by atoms with E-state index in [2.05, 4.69) is 99.8 Å². The lowest BCUT2D eigenvalue weighted by atomic mass is 10.1. The largest absolute Gasteiger partial charge is 0.462 e. The van der Waals surface area contributed by atoms with Crippen molar-refractivity contribution in [2.45, 2.75) is 187 Å². The highest BCUT2D eigenvalue weighted by Gasteiger charge is 2.19. The minimum atomic E-state index is -0.818. The maximum absolute atomic E-state index is 12.8. The van der Waals surface area contributed by atoms with Crippen molar-refractivity contribution in [3.63, 3.8) is 0 Å². The van der Waals surface area contributed by atoms with Gasteiger partial charge in [-0.1, -0.05) is 206 Å². The second kappa shape index (κ2) is 49.2. The predicted octanol–water partition coefficient (Wildman–Crippen LogP) is 15.9. The second-order valence-corrected chi connectivity index (χ2v) is 15.4. The molecule has 0 radical (unpaired) electrons. The van der Waals surface area contributed by atoms with Crippen LogP contribution in [0.1, 0.15) is 181 Å². The summed E-state index contributed by atoms with van der Waals surface area (Å²) in [5.41, 5.74) is 0. The van der Waals surface area contributed by atoms with Crippen molar-refractivity contribution in [3.8, 4) is 0 Å². The third-order valence-electron chi connectivity index (χ3n) is 9.57. The minimum absolute atomic E-state index is 0.115. The number of ether oxygens (including phenoxy) is 3. The summed E-state index contributed by atoms with van der Waals surface area (Å²) in [6.07, 6.45) is 68.6. The highest BCUT2D eigenvalue weighted by molar-refractivity contribution is 5.71. The Hall–Kier alpha value is -4.45. The van der Waals surface area contributed by atoms with Crippen LogP contribution >= 0.6 is 0 Å². The molecule has 6 heteroatoms. The number of carbonyl (C=O) groups excluding carboxylic acids is 3. The number of hydrogen-bond acceptors (Lipinski definition) is 6. The van der Waals surface area contributed by atoms with Gasteiger partial charge in [0, 0.05) is 19.3 Å². The molecule has 0 aliphatic carbocycles. The van der Waals surface area contributed by atoms with E-state index in [1.54, 1.807) is 0 Å². The zero-order valence-corrected chi connectivity index (χ0v) is 39.3. The molecule has 0 aliphatic rings. The second-order valence-electron chi connectivity index (χ2n) is 15.4. The van der Waals surface area contributed by atoms with Crippen molar-refractivity contribution in [1.82, 2.24) is 0 Å². The third kappa shape index (κ3) is 46.6. The average molecular weight is 855 g/mol. The van der Waals surface area contributed by atoms with Gasteiger partial charge in [-0.15, -0.1) is 0 Å². The van der Waals surface area contributed by atoms with E-state index in [-0.39, 0.29) is 37.5 Å². The van der Waals surface area contributed by atoms with Crippen LogP contribution < -0.4 is 0 Å². The number of rotatable bonds is 41. The van der Waals surface area contributed by atoms with Crippen molar-refractivity contribution in [2.24, 2.45) is 0 Å². The first-order valence-electron chi connectivity index (χ1n) is 24.3. The van der Waals surface area contributed by atoms with E-state index >= 15 is 0 Å². The van der Waals surface area contributed by atoms with Crippen LogP contribution in [0.2, 0.25) is 0 Å². The van der Waals surface area contributed by atoms with Gasteiger partial charge in [0.1, 0.15) is 13.2 Å². The molecule has 0 rings (SSSR count). The van der Waals surface area contributed by atoms with E-state index < -0.39 is 6.10 Å². The van der Waals surface area contributed by atoms with Crippen LogP contribution in [-0.4, -0.2) is 37.2 Å². The lowest BCUT2D eigenvalue weighted by Crippen LogP contribution is -2.30. The number of carbonyl (C=O) groups is 3. The monoisotopic (exact) mass is 855 g/mol. The van der Waals surface area contributed by atoms with Crippen molar-refractivity contribution in [1.29, 1.82) is 0 Å². The van der Waals surface area contributed by atoms with Crippen molar-refractivity contribution < 1.29 is 28.6 Å². The fourth-order valence-corrected chi connectivity index (χ4v) is 6.00. The average Bonchev–Trinajstić information content (AvgIpc) is 3.27. The van der Waals surface area contributed by atoms with Crippen LogP contribution in [0, 0.1) is 0 Å². The Balaban J connectivity index is 4.55. The first-order chi connectivity index (χ1) is 30.5. The molecule has 62 heavy (non-hydrogen) atoms.